The summed E-state index contributed by atoms with van der Waals surface area (Å²) in [5, 5.41) is 5.76. The lowest BCUT2D eigenvalue weighted by Gasteiger charge is -2.06. The molecule has 94 valence electrons. The highest BCUT2D eigenvalue weighted by Crippen LogP contribution is 2.10. The third-order valence-corrected chi connectivity index (χ3v) is 2.28. The lowest BCUT2D eigenvalue weighted by atomic mass is 10.2. The minimum absolute atomic E-state index is 0.490. The van der Waals surface area contributed by atoms with Crippen LogP contribution in [-0.4, -0.2) is 24.7 Å². The van der Waals surface area contributed by atoms with Gasteiger partial charge in [-0.3, -0.25) is 5.32 Å². The first-order chi connectivity index (χ1) is 8.26. The second kappa shape index (κ2) is 7.49. The zero-order valence-corrected chi connectivity index (χ0v) is 10.3. The molecule has 1 aromatic heterocycles. The van der Waals surface area contributed by atoms with Crippen LogP contribution in [0.4, 0.5) is 16.3 Å². The van der Waals surface area contributed by atoms with Crippen molar-refractivity contribution in [2.24, 2.45) is 0 Å². The first-order valence-corrected chi connectivity index (χ1v) is 5.81. The van der Waals surface area contributed by atoms with Crippen LogP contribution >= 0.6 is 0 Å². The molecule has 0 fully saturated rings. The van der Waals surface area contributed by atoms with Gasteiger partial charge in [0.25, 0.3) is 0 Å². The Labute approximate surface area is 102 Å². The topological polar surface area (TPSA) is 63.2 Å². The number of nitrogens with one attached hydrogen (secondary N) is 2. The molecule has 0 atom stereocenters. The summed E-state index contributed by atoms with van der Waals surface area (Å²) in [6.45, 7) is 3.09. The van der Waals surface area contributed by atoms with Gasteiger partial charge in [0.15, 0.2) is 0 Å². The van der Waals surface area contributed by atoms with E-state index in [9.17, 15) is 4.79 Å². The molecule has 0 aliphatic rings. The normalized spacial score (nSPS) is 9.76. The molecule has 0 bridgehead atoms. The zero-order valence-electron chi connectivity index (χ0n) is 10.3. The molecule has 5 nitrogen and oxygen atoms in total. The maximum atomic E-state index is 10.9. The number of carbonyl (C=O) groups excluding carboxylic acids is 1. The molecule has 5 heteroatoms. The van der Waals surface area contributed by atoms with Crippen LogP contribution in [0.1, 0.15) is 26.2 Å². The van der Waals surface area contributed by atoms with E-state index in [1.807, 2.05) is 6.07 Å². The first kappa shape index (κ1) is 13.3. The largest absolute Gasteiger partial charge is 0.453 e. The van der Waals surface area contributed by atoms with E-state index in [-0.39, 0.29) is 0 Å². The number of ether oxygens (including phenoxy) is 1. The van der Waals surface area contributed by atoms with Gasteiger partial charge >= 0.3 is 6.09 Å². The van der Waals surface area contributed by atoms with Crippen molar-refractivity contribution in [1.29, 1.82) is 0 Å². The number of anilines is 2. The lowest BCUT2D eigenvalue weighted by Crippen LogP contribution is -2.11. The minimum Gasteiger partial charge on any atom is -0.453 e. The summed E-state index contributed by atoms with van der Waals surface area (Å²) in [6.07, 6.45) is 4.67. The zero-order chi connectivity index (χ0) is 12.5. The van der Waals surface area contributed by atoms with Gasteiger partial charge in [0, 0.05) is 6.54 Å². The van der Waals surface area contributed by atoms with Gasteiger partial charge in [-0.05, 0) is 18.6 Å². The predicted octanol–water partition coefficient (Wildman–Crippen LogP) is 2.86. The second-order valence-corrected chi connectivity index (χ2v) is 3.68. The molecule has 17 heavy (non-hydrogen) atoms. The van der Waals surface area contributed by atoms with E-state index < -0.39 is 6.09 Å². The van der Waals surface area contributed by atoms with Crippen LogP contribution < -0.4 is 10.6 Å². The lowest BCUT2D eigenvalue weighted by molar-refractivity contribution is 0.187. The number of methoxy groups -OCH3 is 1. The van der Waals surface area contributed by atoms with Crippen LogP contribution in [0.3, 0.4) is 0 Å². The van der Waals surface area contributed by atoms with Gasteiger partial charge in [0.1, 0.15) is 5.82 Å². The standard InChI is InChI=1S/C12H19N3O2/c1-3-4-5-8-13-11-7-6-10(9-14-11)15-12(16)17-2/h6-7,9H,3-5,8H2,1-2H3,(H,13,14)(H,15,16). The summed E-state index contributed by atoms with van der Waals surface area (Å²) in [5.74, 6) is 0.816. The van der Waals surface area contributed by atoms with Crippen LogP contribution in [0.5, 0.6) is 0 Å². The molecule has 0 aliphatic heterocycles. The molecule has 0 saturated heterocycles. The van der Waals surface area contributed by atoms with Gasteiger partial charge < -0.3 is 10.1 Å². The van der Waals surface area contributed by atoms with E-state index in [2.05, 4.69) is 27.3 Å². The summed E-state index contributed by atoms with van der Waals surface area (Å²) in [4.78, 5) is 15.1. The molecule has 1 heterocycles. The molecule has 2 N–H and O–H groups in total. The highest BCUT2D eigenvalue weighted by molar-refractivity contribution is 5.84. The Bertz CT molecular complexity index is 338. The maximum absolute atomic E-state index is 10.9. The average molecular weight is 237 g/mol. The molecule has 0 aliphatic carbocycles. The average Bonchev–Trinajstić information content (AvgIpc) is 2.36. The van der Waals surface area contributed by atoms with E-state index in [0.717, 1.165) is 18.8 Å². The van der Waals surface area contributed by atoms with Crippen molar-refractivity contribution in [1.82, 2.24) is 4.98 Å². The number of pyridine rings is 1. The van der Waals surface area contributed by atoms with Gasteiger partial charge in [-0.25, -0.2) is 9.78 Å². The fourth-order valence-electron chi connectivity index (χ4n) is 1.33. The molecule has 1 amide bonds. The molecule has 1 aromatic rings. The third kappa shape index (κ3) is 5.19. The number of carbonyl (C=O) groups is 1. The number of aromatic nitrogens is 1. The summed E-state index contributed by atoms with van der Waals surface area (Å²) in [6, 6.07) is 3.61. The molecular formula is C12H19N3O2. The number of amides is 1. The monoisotopic (exact) mass is 237 g/mol. The molecule has 0 saturated carbocycles. The minimum atomic E-state index is -0.490. The van der Waals surface area contributed by atoms with Crippen LogP contribution in [0.25, 0.3) is 0 Å². The second-order valence-electron chi connectivity index (χ2n) is 3.68. The van der Waals surface area contributed by atoms with Crippen molar-refractivity contribution in [2.75, 3.05) is 24.3 Å². The van der Waals surface area contributed by atoms with E-state index in [1.54, 1.807) is 12.3 Å². The Balaban J connectivity index is 2.36. The quantitative estimate of drug-likeness (QED) is 0.747. The van der Waals surface area contributed by atoms with Crippen molar-refractivity contribution in [3.63, 3.8) is 0 Å². The van der Waals surface area contributed by atoms with E-state index >= 15 is 0 Å². The summed E-state index contributed by atoms with van der Waals surface area (Å²) in [5.41, 5.74) is 0.621. The van der Waals surface area contributed by atoms with E-state index in [1.165, 1.54) is 20.0 Å². The number of rotatable bonds is 6. The van der Waals surface area contributed by atoms with Crippen LogP contribution in [0.2, 0.25) is 0 Å². The molecule has 0 spiro atoms. The van der Waals surface area contributed by atoms with Gasteiger partial charge in [-0.2, -0.15) is 0 Å². The maximum Gasteiger partial charge on any atom is 0.411 e. The molecule has 0 radical (unpaired) electrons. The number of hydrogen-bond acceptors (Lipinski definition) is 4. The van der Waals surface area contributed by atoms with Crippen molar-refractivity contribution >= 4 is 17.6 Å². The first-order valence-electron chi connectivity index (χ1n) is 5.81. The van der Waals surface area contributed by atoms with Crippen LogP contribution in [0, 0.1) is 0 Å². The summed E-state index contributed by atoms with van der Waals surface area (Å²) < 4.78 is 4.48. The van der Waals surface area contributed by atoms with Gasteiger partial charge in [0.05, 0.1) is 19.0 Å². The smallest absolute Gasteiger partial charge is 0.411 e. The van der Waals surface area contributed by atoms with Gasteiger partial charge in [-0.1, -0.05) is 19.8 Å². The third-order valence-electron chi connectivity index (χ3n) is 2.28. The molecular weight excluding hydrogens is 218 g/mol. The van der Waals surface area contributed by atoms with Crippen molar-refractivity contribution in [2.45, 2.75) is 26.2 Å². The molecule has 1 rings (SSSR count). The predicted molar refractivity (Wildman–Crippen MR) is 68.3 cm³/mol. The van der Waals surface area contributed by atoms with Crippen LogP contribution in [-0.2, 0) is 4.74 Å². The Hall–Kier alpha value is -1.78. The van der Waals surface area contributed by atoms with Crippen LogP contribution in [0.15, 0.2) is 18.3 Å². The molecule has 0 aromatic carbocycles. The summed E-state index contributed by atoms with van der Waals surface area (Å²) in [7, 11) is 1.33. The van der Waals surface area contributed by atoms with Crippen molar-refractivity contribution < 1.29 is 9.53 Å². The summed E-state index contributed by atoms with van der Waals surface area (Å²) >= 11 is 0. The van der Waals surface area contributed by atoms with Gasteiger partial charge in [0.2, 0.25) is 0 Å². The highest BCUT2D eigenvalue weighted by Gasteiger charge is 2.00. The highest BCUT2D eigenvalue weighted by atomic mass is 16.5. The Kier molecular flexibility index (Phi) is 5.85. The number of unbranched alkanes of at least 4 members (excludes halogenated alkanes) is 2. The van der Waals surface area contributed by atoms with E-state index in [4.69, 9.17) is 0 Å². The fourth-order valence-corrected chi connectivity index (χ4v) is 1.33. The molecule has 0 unspecified atom stereocenters. The Morgan fingerprint density at radius 3 is 2.82 bits per heavy atom. The van der Waals surface area contributed by atoms with Crippen molar-refractivity contribution in [3.05, 3.63) is 18.3 Å². The fraction of sp³-hybridized carbons (Fsp3) is 0.500. The van der Waals surface area contributed by atoms with Crippen molar-refractivity contribution in [3.8, 4) is 0 Å². The Morgan fingerprint density at radius 1 is 1.41 bits per heavy atom. The van der Waals surface area contributed by atoms with Gasteiger partial charge in [-0.15, -0.1) is 0 Å². The number of nitrogens with zero attached hydrogens (tertiary/aromatic N) is 1. The van der Waals surface area contributed by atoms with E-state index in [0.29, 0.717) is 5.69 Å². The number of hydrogen-bond donors (Lipinski definition) is 2. The Morgan fingerprint density at radius 2 is 2.24 bits per heavy atom. The SMILES string of the molecule is CCCCCNc1ccc(NC(=O)OC)cn1.